The van der Waals surface area contributed by atoms with Crippen LogP contribution in [0.25, 0.3) is 0 Å². The van der Waals surface area contributed by atoms with Gasteiger partial charge in [-0.2, -0.15) is 0 Å². The number of rotatable bonds is 6. The van der Waals surface area contributed by atoms with Crippen LogP contribution >= 0.6 is 0 Å². The minimum atomic E-state index is 0.0918. The Kier molecular flexibility index (Phi) is 6.42. The molecule has 4 heteroatoms. The zero-order valence-electron chi connectivity index (χ0n) is 10.6. The highest BCUT2D eigenvalue weighted by Crippen LogP contribution is 2.15. The number of amides is 1. The van der Waals surface area contributed by atoms with E-state index in [4.69, 9.17) is 0 Å². The Morgan fingerprint density at radius 3 is 2.94 bits per heavy atom. The van der Waals surface area contributed by atoms with E-state index < -0.39 is 0 Å². The molecule has 1 unspecified atom stereocenters. The highest BCUT2D eigenvalue weighted by Gasteiger charge is 2.16. The quantitative estimate of drug-likeness (QED) is 0.653. The lowest BCUT2D eigenvalue weighted by molar-refractivity contribution is -0.120. The Morgan fingerprint density at radius 2 is 2.25 bits per heavy atom. The molecule has 1 amide bonds. The van der Waals surface area contributed by atoms with Gasteiger partial charge in [0.25, 0.3) is 0 Å². The first-order valence-corrected chi connectivity index (χ1v) is 6.39. The van der Waals surface area contributed by atoms with Gasteiger partial charge in [-0.15, -0.1) is 0 Å². The second kappa shape index (κ2) is 7.63. The standard InChI is InChI=1S/C12H25N3O/c1-11-6-3-4-8-15(11)9-5-7-14-12(16)10-13-2/h11,13H,3-10H2,1-2H3,(H,14,16). The summed E-state index contributed by atoms with van der Waals surface area (Å²) in [6.07, 6.45) is 5.08. The summed E-state index contributed by atoms with van der Waals surface area (Å²) in [6, 6.07) is 0.724. The van der Waals surface area contributed by atoms with Gasteiger partial charge in [-0.25, -0.2) is 0 Å². The number of piperidine rings is 1. The molecule has 1 saturated heterocycles. The monoisotopic (exact) mass is 227 g/mol. The first-order valence-electron chi connectivity index (χ1n) is 6.39. The van der Waals surface area contributed by atoms with Gasteiger partial charge in [0.05, 0.1) is 6.54 Å². The number of carbonyl (C=O) groups excluding carboxylic acids is 1. The third-order valence-electron chi connectivity index (χ3n) is 3.22. The van der Waals surface area contributed by atoms with E-state index in [1.807, 2.05) is 0 Å². The zero-order valence-corrected chi connectivity index (χ0v) is 10.6. The molecule has 4 nitrogen and oxygen atoms in total. The van der Waals surface area contributed by atoms with Crippen LogP contribution in [0.1, 0.15) is 32.6 Å². The largest absolute Gasteiger partial charge is 0.355 e. The smallest absolute Gasteiger partial charge is 0.233 e. The predicted molar refractivity (Wildman–Crippen MR) is 66.4 cm³/mol. The molecule has 1 atom stereocenters. The molecule has 16 heavy (non-hydrogen) atoms. The van der Waals surface area contributed by atoms with E-state index in [1.54, 1.807) is 7.05 Å². The van der Waals surface area contributed by atoms with Crippen molar-refractivity contribution < 1.29 is 4.79 Å². The van der Waals surface area contributed by atoms with Crippen molar-refractivity contribution in [1.29, 1.82) is 0 Å². The Morgan fingerprint density at radius 1 is 1.44 bits per heavy atom. The average Bonchev–Trinajstić information content (AvgIpc) is 2.27. The Balaban J connectivity index is 2.03. The van der Waals surface area contributed by atoms with Gasteiger partial charge in [0.1, 0.15) is 0 Å². The lowest BCUT2D eigenvalue weighted by atomic mass is 10.0. The molecule has 0 aromatic heterocycles. The number of likely N-dealkylation sites (tertiary alicyclic amines) is 1. The summed E-state index contributed by atoms with van der Waals surface area (Å²) in [4.78, 5) is 13.7. The maximum Gasteiger partial charge on any atom is 0.233 e. The fraction of sp³-hybridized carbons (Fsp3) is 0.917. The van der Waals surface area contributed by atoms with E-state index in [0.717, 1.165) is 25.6 Å². The fourth-order valence-corrected chi connectivity index (χ4v) is 2.22. The number of nitrogens with zero attached hydrogens (tertiary/aromatic N) is 1. The summed E-state index contributed by atoms with van der Waals surface area (Å²) in [6.45, 7) is 5.86. The van der Waals surface area contributed by atoms with Crippen molar-refractivity contribution in [2.24, 2.45) is 0 Å². The molecule has 1 heterocycles. The third-order valence-corrected chi connectivity index (χ3v) is 3.22. The van der Waals surface area contributed by atoms with E-state index in [0.29, 0.717) is 6.54 Å². The maximum atomic E-state index is 11.2. The van der Waals surface area contributed by atoms with E-state index in [2.05, 4.69) is 22.5 Å². The molecule has 1 aliphatic rings. The van der Waals surface area contributed by atoms with E-state index in [-0.39, 0.29) is 5.91 Å². The van der Waals surface area contributed by atoms with Crippen LogP contribution in [0.3, 0.4) is 0 Å². The Hall–Kier alpha value is -0.610. The molecule has 0 aromatic rings. The first-order chi connectivity index (χ1) is 7.74. The molecule has 1 aliphatic heterocycles. The van der Waals surface area contributed by atoms with E-state index >= 15 is 0 Å². The Bertz CT molecular complexity index is 208. The number of nitrogens with one attached hydrogen (secondary N) is 2. The van der Waals surface area contributed by atoms with Gasteiger partial charge >= 0.3 is 0 Å². The maximum absolute atomic E-state index is 11.2. The predicted octanol–water partition coefficient (Wildman–Crippen LogP) is 0.587. The lowest BCUT2D eigenvalue weighted by Gasteiger charge is -2.33. The van der Waals surface area contributed by atoms with Crippen LogP contribution in [0.2, 0.25) is 0 Å². The van der Waals surface area contributed by atoms with E-state index in [1.165, 1.54) is 25.8 Å². The van der Waals surface area contributed by atoms with Crippen LogP contribution < -0.4 is 10.6 Å². The van der Waals surface area contributed by atoms with Crippen LogP contribution in [-0.4, -0.2) is 50.1 Å². The van der Waals surface area contributed by atoms with Gasteiger partial charge in [0, 0.05) is 19.1 Å². The molecular weight excluding hydrogens is 202 g/mol. The number of hydrogen-bond acceptors (Lipinski definition) is 3. The van der Waals surface area contributed by atoms with Crippen molar-refractivity contribution in [2.45, 2.75) is 38.6 Å². The normalized spacial score (nSPS) is 22.0. The second-order valence-electron chi connectivity index (χ2n) is 4.61. The van der Waals surface area contributed by atoms with Gasteiger partial charge in [-0.1, -0.05) is 6.42 Å². The SMILES string of the molecule is CNCC(=O)NCCCN1CCCCC1C. The number of hydrogen-bond donors (Lipinski definition) is 2. The molecule has 94 valence electrons. The average molecular weight is 227 g/mol. The number of likely N-dealkylation sites (N-methyl/N-ethyl adjacent to an activating group) is 1. The second-order valence-corrected chi connectivity index (χ2v) is 4.61. The van der Waals surface area contributed by atoms with Crippen molar-refractivity contribution in [3.8, 4) is 0 Å². The Labute approximate surface area is 98.8 Å². The summed E-state index contributed by atoms with van der Waals surface area (Å²) in [5, 5.41) is 5.75. The van der Waals surface area contributed by atoms with Gasteiger partial charge in [-0.05, 0) is 39.8 Å². The summed E-state index contributed by atoms with van der Waals surface area (Å²) < 4.78 is 0. The van der Waals surface area contributed by atoms with Gasteiger partial charge in [0.15, 0.2) is 0 Å². The van der Waals surface area contributed by atoms with Crippen molar-refractivity contribution in [3.05, 3.63) is 0 Å². The molecule has 0 bridgehead atoms. The summed E-state index contributed by atoms with van der Waals surface area (Å²) >= 11 is 0. The highest BCUT2D eigenvalue weighted by molar-refractivity contribution is 5.77. The van der Waals surface area contributed by atoms with Gasteiger partial charge < -0.3 is 15.5 Å². The minimum Gasteiger partial charge on any atom is -0.355 e. The van der Waals surface area contributed by atoms with Crippen molar-refractivity contribution >= 4 is 5.91 Å². The summed E-state index contributed by atoms with van der Waals surface area (Å²) in [5.74, 6) is 0.0918. The molecular formula is C12H25N3O. The fourth-order valence-electron chi connectivity index (χ4n) is 2.22. The topological polar surface area (TPSA) is 44.4 Å². The van der Waals surface area contributed by atoms with Gasteiger partial charge in [-0.3, -0.25) is 4.79 Å². The molecule has 0 aliphatic carbocycles. The van der Waals surface area contributed by atoms with Crippen molar-refractivity contribution in [3.63, 3.8) is 0 Å². The lowest BCUT2D eigenvalue weighted by Crippen LogP contribution is -2.40. The third kappa shape index (κ3) is 4.94. The molecule has 0 radical (unpaired) electrons. The van der Waals surface area contributed by atoms with Crippen LogP contribution in [0, 0.1) is 0 Å². The van der Waals surface area contributed by atoms with Crippen LogP contribution in [0.5, 0.6) is 0 Å². The molecule has 0 spiro atoms. The van der Waals surface area contributed by atoms with Crippen molar-refractivity contribution in [1.82, 2.24) is 15.5 Å². The molecule has 0 saturated carbocycles. The first kappa shape index (κ1) is 13.5. The van der Waals surface area contributed by atoms with E-state index in [9.17, 15) is 4.79 Å². The van der Waals surface area contributed by atoms with Crippen LogP contribution in [-0.2, 0) is 4.79 Å². The number of carbonyl (C=O) groups is 1. The molecule has 1 fully saturated rings. The van der Waals surface area contributed by atoms with Crippen molar-refractivity contribution in [2.75, 3.05) is 33.2 Å². The zero-order chi connectivity index (χ0) is 11.8. The molecule has 0 aromatic carbocycles. The van der Waals surface area contributed by atoms with Crippen LogP contribution in [0.4, 0.5) is 0 Å². The molecule has 1 rings (SSSR count). The van der Waals surface area contributed by atoms with Gasteiger partial charge in [0.2, 0.25) is 5.91 Å². The minimum absolute atomic E-state index is 0.0918. The highest BCUT2D eigenvalue weighted by atomic mass is 16.1. The summed E-state index contributed by atoms with van der Waals surface area (Å²) in [7, 11) is 1.79. The summed E-state index contributed by atoms with van der Waals surface area (Å²) in [5.41, 5.74) is 0. The van der Waals surface area contributed by atoms with Crippen LogP contribution in [0.15, 0.2) is 0 Å². The molecule has 2 N–H and O–H groups in total.